The summed E-state index contributed by atoms with van der Waals surface area (Å²) in [5.74, 6) is 0.270. The summed E-state index contributed by atoms with van der Waals surface area (Å²) in [6.07, 6.45) is 1.79. The Bertz CT molecular complexity index is 1260. The van der Waals surface area contributed by atoms with Crippen LogP contribution in [0.5, 0.6) is 5.75 Å². The van der Waals surface area contributed by atoms with Gasteiger partial charge >= 0.3 is 0 Å². The summed E-state index contributed by atoms with van der Waals surface area (Å²) >= 11 is 5.89. The first-order valence-corrected chi connectivity index (χ1v) is 12.4. The number of aryl methyl sites for hydroxylation is 1. The Kier molecular flexibility index (Phi) is 8.42. The van der Waals surface area contributed by atoms with E-state index in [-0.39, 0.29) is 24.6 Å². The second kappa shape index (κ2) is 11.7. The number of hydrogen-bond donors (Lipinski definition) is 2. The summed E-state index contributed by atoms with van der Waals surface area (Å²) < 4.78 is 18.1. The van der Waals surface area contributed by atoms with Gasteiger partial charge in [-0.05, 0) is 68.0 Å². The highest BCUT2D eigenvalue weighted by atomic mass is 32.1. The number of hydrogen-bond acceptors (Lipinski definition) is 6. The largest absolute Gasteiger partial charge is 0.495 e. The summed E-state index contributed by atoms with van der Waals surface area (Å²) in [6, 6.07) is 13.4. The smallest absolute Gasteiger partial charge is 0.250 e. The van der Waals surface area contributed by atoms with Crippen molar-refractivity contribution in [2.45, 2.75) is 32.5 Å². The molecule has 0 saturated carbocycles. The van der Waals surface area contributed by atoms with Crippen molar-refractivity contribution in [3.63, 3.8) is 0 Å². The van der Waals surface area contributed by atoms with Gasteiger partial charge in [0, 0.05) is 44.0 Å². The van der Waals surface area contributed by atoms with Gasteiger partial charge in [0.05, 0.1) is 37.2 Å². The number of rotatable bonds is 10. The Morgan fingerprint density at radius 3 is 2.62 bits per heavy atom. The predicted octanol–water partition coefficient (Wildman–Crippen LogP) is 3.92. The van der Waals surface area contributed by atoms with Crippen LogP contribution in [0.25, 0.3) is 0 Å². The molecule has 196 valence electrons. The van der Waals surface area contributed by atoms with Crippen LogP contribution in [0.15, 0.2) is 48.7 Å². The van der Waals surface area contributed by atoms with Crippen molar-refractivity contribution in [1.82, 2.24) is 14.9 Å². The number of nitrogens with one attached hydrogen (secondary N) is 2. The molecule has 1 aliphatic heterocycles. The van der Waals surface area contributed by atoms with Crippen LogP contribution in [-0.4, -0.2) is 55.1 Å². The number of benzene rings is 1. The minimum Gasteiger partial charge on any atom is -0.495 e. The maximum atomic E-state index is 12.3. The number of anilines is 2. The highest BCUT2D eigenvalue weighted by molar-refractivity contribution is 7.80. The van der Waals surface area contributed by atoms with Crippen LogP contribution >= 0.6 is 12.2 Å². The lowest BCUT2D eigenvalue weighted by Crippen LogP contribution is -2.30. The molecule has 10 heteroatoms. The van der Waals surface area contributed by atoms with Crippen molar-refractivity contribution in [3.8, 4) is 5.75 Å². The minimum atomic E-state index is -0.273. The quantitative estimate of drug-likeness (QED) is 0.387. The van der Waals surface area contributed by atoms with Gasteiger partial charge in [0.2, 0.25) is 5.91 Å². The average Bonchev–Trinajstić information content (AvgIpc) is 3.38. The van der Waals surface area contributed by atoms with Crippen LogP contribution in [-0.2, 0) is 20.8 Å². The van der Waals surface area contributed by atoms with Gasteiger partial charge in [-0.3, -0.25) is 9.78 Å². The number of nitrogens with zero attached hydrogens (tertiary/aromatic N) is 3. The van der Waals surface area contributed by atoms with Crippen molar-refractivity contribution in [2.75, 3.05) is 44.8 Å². The van der Waals surface area contributed by atoms with Gasteiger partial charge in [0.1, 0.15) is 12.4 Å². The molecule has 2 N–H and O–H groups in total. The fourth-order valence-electron chi connectivity index (χ4n) is 4.86. The van der Waals surface area contributed by atoms with Crippen molar-refractivity contribution in [2.24, 2.45) is 0 Å². The molecule has 2 aromatic heterocycles. The Balaban J connectivity index is 1.82. The molecule has 9 nitrogen and oxygen atoms in total. The van der Waals surface area contributed by atoms with E-state index in [0.717, 1.165) is 34.9 Å². The molecule has 1 saturated heterocycles. The normalized spacial score (nSPS) is 17.1. The molecule has 0 unspecified atom stereocenters. The number of thiocarbonyl (C=S) groups is 1. The third-order valence-electron chi connectivity index (χ3n) is 6.56. The molecule has 0 radical (unpaired) electrons. The summed E-state index contributed by atoms with van der Waals surface area (Å²) in [6.45, 7) is 5.54. The van der Waals surface area contributed by atoms with Gasteiger partial charge in [0.25, 0.3) is 0 Å². The maximum Gasteiger partial charge on any atom is 0.250 e. The SMILES string of the molecule is COCCn1c(C)cc([C@H]2[C@H](c3ccccn3)NC(=S)N2c2ccc(OC)c(NC(=O)COC)c2)c1C. The third-order valence-corrected chi connectivity index (χ3v) is 6.87. The number of methoxy groups -OCH3 is 3. The van der Waals surface area contributed by atoms with E-state index in [2.05, 4.69) is 45.0 Å². The van der Waals surface area contributed by atoms with E-state index in [0.29, 0.717) is 23.2 Å². The summed E-state index contributed by atoms with van der Waals surface area (Å²) in [7, 11) is 4.75. The minimum absolute atomic E-state index is 0.0606. The predicted molar refractivity (Wildman–Crippen MR) is 147 cm³/mol. The zero-order valence-electron chi connectivity index (χ0n) is 21.8. The lowest BCUT2D eigenvalue weighted by atomic mass is 9.96. The van der Waals surface area contributed by atoms with Crippen LogP contribution < -0.4 is 20.3 Å². The molecule has 2 atom stereocenters. The molecular weight excluding hydrogens is 490 g/mol. The first kappa shape index (κ1) is 26.6. The van der Waals surface area contributed by atoms with Crippen molar-refractivity contribution in [3.05, 3.63) is 71.3 Å². The summed E-state index contributed by atoms with van der Waals surface area (Å²) in [5.41, 5.74) is 5.66. The van der Waals surface area contributed by atoms with E-state index in [1.165, 1.54) is 7.11 Å². The maximum absolute atomic E-state index is 12.3. The molecule has 1 fully saturated rings. The number of carbonyl (C=O) groups excluding carboxylic acids is 1. The fourth-order valence-corrected chi connectivity index (χ4v) is 5.21. The molecule has 1 aromatic carbocycles. The number of ether oxygens (including phenoxy) is 3. The third kappa shape index (κ3) is 5.46. The van der Waals surface area contributed by atoms with Crippen LogP contribution in [0.2, 0.25) is 0 Å². The van der Waals surface area contributed by atoms with Crippen LogP contribution in [0.4, 0.5) is 11.4 Å². The summed E-state index contributed by atoms with van der Waals surface area (Å²) in [4.78, 5) is 19.0. The van der Waals surface area contributed by atoms with Gasteiger partial charge in [0.15, 0.2) is 5.11 Å². The fraction of sp³-hybridized carbons (Fsp3) is 0.370. The van der Waals surface area contributed by atoms with Crippen molar-refractivity contribution in [1.29, 1.82) is 0 Å². The molecule has 1 aliphatic rings. The van der Waals surface area contributed by atoms with E-state index < -0.39 is 0 Å². The highest BCUT2D eigenvalue weighted by Crippen LogP contribution is 2.44. The Labute approximate surface area is 222 Å². The molecule has 0 bridgehead atoms. The van der Waals surface area contributed by atoms with Crippen LogP contribution in [0, 0.1) is 13.8 Å². The Hall–Kier alpha value is -3.47. The van der Waals surface area contributed by atoms with Gasteiger partial charge in [-0.15, -0.1) is 0 Å². The van der Waals surface area contributed by atoms with Gasteiger partial charge < -0.3 is 34.3 Å². The average molecular weight is 524 g/mol. The second-order valence-corrected chi connectivity index (χ2v) is 9.22. The monoisotopic (exact) mass is 523 g/mol. The molecular formula is C27H33N5O4S. The van der Waals surface area contributed by atoms with Crippen molar-refractivity contribution >= 4 is 34.6 Å². The zero-order chi connectivity index (χ0) is 26.5. The molecule has 37 heavy (non-hydrogen) atoms. The van der Waals surface area contributed by atoms with Gasteiger partial charge in [-0.2, -0.15) is 0 Å². The van der Waals surface area contributed by atoms with Crippen molar-refractivity contribution < 1.29 is 19.0 Å². The van der Waals surface area contributed by atoms with E-state index in [4.69, 9.17) is 26.4 Å². The summed E-state index contributed by atoms with van der Waals surface area (Å²) in [5, 5.41) is 6.95. The van der Waals surface area contributed by atoms with E-state index in [1.54, 1.807) is 20.4 Å². The molecule has 3 aromatic rings. The second-order valence-electron chi connectivity index (χ2n) is 8.83. The molecule has 0 aliphatic carbocycles. The lowest BCUT2D eigenvalue weighted by Gasteiger charge is -2.29. The molecule has 0 spiro atoms. The van der Waals surface area contributed by atoms with Gasteiger partial charge in [-0.1, -0.05) is 6.07 Å². The number of pyridine rings is 1. The van der Waals surface area contributed by atoms with E-state index in [9.17, 15) is 4.79 Å². The van der Waals surface area contributed by atoms with E-state index in [1.807, 2.05) is 36.4 Å². The molecule has 4 rings (SSSR count). The van der Waals surface area contributed by atoms with E-state index >= 15 is 0 Å². The van der Waals surface area contributed by atoms with Crippen LogP contribution in [0.1, 0.15) is 34.7 Å². The Morgan fingerprint density at radius 1 is 1.14 bits per heavy atom. The van der Waals surface area contributed by atoms with Gasteiger partial charge in [-0.25, -0.2) is 0 Å². The Morgan fingerprint density at radius 2 is 1.95 bits per heavy atom. The standard InChI is InChI=1S/C27H33N5O4S/c1-17-14-20(18(2)31(17)12-13-34-3)26-25(21-8-6-7-11-28-21)30-27(37)32(26)19-9-10-23(36-5)22(15-19)29-24(33)16-35-4/h6-11,14-15,25-26H,12-13,16H2,1-5H3,(H,29,33)(H,30,37)/t25-,26-/m0/s1. The van der Waals surface area contributed by atoms with Crippen LogP contribution in [0.3, 0.4) is 0 Å². The number of amides is 1. The molecule has 1 amide bonds. The lowest BCUT2D eigenvalue weighted by molar-refractivity contribution is -0.119. The number of aromatic nitrogens is 2. The number of carbonyl (C=O) groups is 1. The topological polar surface area (TPSA) is 89.9 Å². The first-order chi connectivity index (χ1) is 17.9. The highest BCUT2D eigenvalue weighted by Gasteiger charge is 2.42. The molecule has 3 heterocycles. The zero-order valence-corrected chi connectivity index (χ0v) is 22.6. The first-order valence-electron chi connectivity index (χ1n) is 12.0.